The molecule has 1 heterocycles. The minimum absolute atomic E-state index is 0.235. The Balaban J connectivity index is 2.02. The van der Waals surface area contributed by atoms with Crippen molar-refractivity contribution in [2.75, 3.05) is 27.2 Å². The van der Waals surface area contributed by atoms with Gasteiger partial charge in [-0.1, -0.05) is 18.2 Å². The molecule has 1 aliphatic heterocycles. The van der Waals surface area contributed by atoms with Gasteiger partial charge in [0.1, 0.15) is 5.75 Å². The summed E-state index contributed by atoms with van der Waals surface area (Å²) in [6, 6.07) is 7.73. The number of rotatable bonds is 4. The van der Waals surface area contributed by atoms with E-state index in [4.69, 9.17) is 9.47 Å². The summed E-state index contributed by atoms with van der Waals surface area (Å²) in [7, 11) is 3.56. The van der Waals surface area contributed by atoms with Crippen LogP contribution >= 0.6 is 0 Å². The minimum atomic E-state index is -0.235. The normalized spacial score (nSPS) is 20.2. The highest BCUT2D eigenvalue weighted by atomic mass is 16.5. The van der Waals surface area contributed by atoms with Crippen LogP contribution in [0.15, 0.2) is 24.3 Å². The van der Waals surface area contributed by atoms with E-state index in [1.54, 1.807) is 0 Å². The average molecular weight is 277 g/mol. The van der Waals surface area contributed by atoms with Gasteiger partial charge in [-0.25, -0.2) is 0 Å². The first-order valence-corrected chi connectivity index (χ1v) is 7.19. The Bertz CT molecular complexity index is 447. The topological polar surface area (TPSA) is 38.8 Å². The second kappa shape index (κ2) is 7.29. The van der Waals surface area contributed by atoms with Gasteiger partial charge in [-0.05, 0) is 38.9 Å². The maximum Gasteiger partial charge on any atom is 0.310 e. The average Bonchev–Trinajstić information content (AvgIpc) is 2.66. The number of methoxy groups -OCH3 is 1. The molecule has 20 heavy (non-hydrogen) atoms. The summed E-state index contributed by atoms with van der Waals surface area (Å²) in [6.07, 6.45) is 3.75. The summed E-state index contributed by atoms with van der Waals surface area (Å²) < 4.78 is 10.9. The van der Waals surface area contributed by atoms with Crippen LogP contribution < -0.4 is 4.74 Å². The van der Waals surface area contributed by atoms with Crippen LogP contribution in [-0.2, 0) is 16.0 Å². The van der Waals surface area contributed by atoms with E-state index in [1.165, 1.54) is 7.11 Å². The Morgan fingerprint density at radius 2 is 2.10 bits per heavy atom. The van der Waals surface area contributed by atoms with Gasteiger partial charge in [-0.2, -0.15) is 0 Å². The summed E-state index contributed by atoms with van der Waals surface area (Å²) in [6.45, 7) is 2.19. The van der Waals surface area contributed by atoms with Crippen molar-refractivity contribution in [2.24, 2.45) is 0 Å². The predicted octanol–water partition coefficient (Wildman–Crippen LogP) is 2.27. The number of carbonyl (C=O) groups excluding carboxylic acids is 1. The number of hydrogen-bond donors (Lipinski definition) is 0. The maximum absolute atomic E-state index is 11.4. The van der Waals surface area contributed by atoms with Gasteiger partial charge in [0.15, 0.2) is 0 Å². The van der Waals surface area contributed by atoms with E-state index in [9.17, 15) is 4.79 Å². The van der Waals surface area contributed by atoms with Crippen LogP contribution in [0.3, 0.4) is 0 Å². The number of nitrogens with zero attached hydrogens (tertiary/aromatic N) is 1. The Hall–Kier alpha value is -1.55. The number of esters is 1. The number of benzene rings is 1. The van der Waals surface area contributed by atoms with Crippen molar-refractivity contribution in [3.63, 3.8) is 0 Å². The Labute approximate surface area is 120 Å². The van der Waals surface area contributed by atoms with Gasteiger partial charge >= 0.3 is 5.97 Å². The lowest BCUT2D eigenvalue weighted by Gasteiger charge is -2.19. The molecule has 0 bridgehead atoms. The van der Waals surface area contributed by atoms with Gasteiger partial charge in [-0.3, -0.25) is 4.79 Å². The number of para-hydroxylation sites is 1. The van der Waals surface area contributed by atoms with Gasteiger partial charge in [0.05, 0.1) is 19.6 Å². The molecule has 1 aromatic rings. The summed E-state index contributed by atoms with van der Waals surface area (Å²) in [5.74, 6) is 0.578. The first kappa shape index (κ1) is 14.9. The highest BCUT2D eigenvalue weighted by molar-refractivity contribution is 5.73. The Morgan fingerprint density at radius 3 is 2.90 bits per heavy atom. The molecule has 0 N–H and O–H groups in total. The van der Waals surface area contributed by atoms with Crippen molar-refractivity contribution in [1.29, 1.82) is 0 Å². The van der Waals surface area contributed by atoms with E-state index in [2.05, 4.69) is 11.9 Å². The quantitative estimate of drug-likeness (QED) is 0.791. The molecule has 1 fully saturated rings. The molecule has 1 atom stereocenters. The van der Waals surface area contributed by atoms with Crippen molar-refractivity contribution in [3.8, 4) is 5.75 Å². The predicted molar refractivity (Wildman–Crippen MR) is 77.9 cm³/mol. The SMILES string of the molecule is COC(=O)Cc1ccccc1OC1CCCN(C)CC1. The lowest BCUT2D eigenvalue weighted by molar-refractivity contribution is -0.139. The van der Waals surface area contributed by atoms with E-state index in [0.717, 1.165) is 43.7 Å². The van der Waals surface area contributed by atoms with Crippen molar-refractivity contribution in [3.05, 3.63) is 29.8 Å². The van der Waals surface area contributed by atoms with Gasteiger partial charge in [0.25, 0.3) is 0 Å². The van der Waals surface area contributed by atoms with E-state index in [0.29, 0.717) is 0 Å². The molecule has 4 heteroatoms. The summed E-state index contributed by atoms with van der Waals surface area (Å²) in [4.78, 5) is 13.8. The molecule has 0 saturated carbocycles. The molecule has 4 nitrogen and oxygen atoms in total. The van der Waals surface area contributed by atoms with Crippen LogP contribution in [0.5, 0.6) is 5.75 Å². The van der Waals surface area contributed by atoms with Crippen LogP contribution in [0.2, 0.25) is 0 Å². The molecule has 0 aromatic heterocycles. The van der Waals surface area contributed by atoms with Crippen molar-refractivity contribution < 1.29 is 14.3 Å². The van der Waals surface area contributed by atoms with E-state index in [1.807, 2.05) is 24.3 Å². The number of ether oxygens (including phenoxy) is 2. The lowest BCUT2D eigenvalue weighted by Crippen LogP contribution is -2.22. The molecule has 0 radical (unpaired) electrons. The third kappa shape index (κ3) is 4.23. The van der Waals surface area contributed by atoms with Crippen molar-refractivity contribution in [1.82, 2.24) is 4.90 Å². The van der Waals surface area contributed by atoms with Gasteiger partial charge in [-0.15, -0.1) is 0 Å². The third-order valence-electron chi connectivity index (χ3n) is 3.73. The number of carbonyl (C=O) groups is 1. The maximum atomic E-state index is 11.4. The van der Waals surface area contributed by atoms with Gasteiger partial charge in [0, 0.05) is 12.1 Å². The number of hydrogen-bond acceptors (Lipinski definition) is 4. The van der Waals surface area contributed by atoms with E-state index in [-0.39, 0.29) is 18.5 Å². The fourth-order valence-electron chi connectivity index (χ4n) is 2.50. The first-order valence-electron chi connectivity index (χ1n) is 7.19. The molecular weight excluding hydrogens is 254 g/mol. The second-order valence-electron chi connectivity index (χ2n) is 5.33. The minimum Gasteiger partial charge on any atom is -0.490 e. The molecule has 110 valence electrons. The molecule has 0 spiro atoms. The third-order valence-corrected chi connectivity index (χ3v) is 3.73. The summed E-state index contributed by atoms with van der Waals surface area (Å²) >= 11 is 0. The molecule has 1 aromatic carbocycles. The second-order valence-corrected chi connectivity index (χ2v) is 5.33. The molecule has 0 aliphatic carbocycles. The fraction of sp³-hybridized carbons (Fsp3) is 0.562. The van der Waals surface area contributed by atoms with Gasteiger partial charge < -0.3 is 14.4 Å². The van der Waals surface area contributed by atoms with E-state index >= 15 is 0 Å². The van der Waals surface area contributed by atoms with Crippen LogP contribution in [-0.4, -0.2) is 44.2 Å². The highest BCUT2D eigenvalue weighted by Crippen LogP contribution is 2.23. The molecule has 1 unspecified atom stereocenters. The zero-order valence-electron chi connectivity index (χ0n) is 12.3. The van der Waals surface area contributed by atoms with Crippen molar-refractivity contribution >= 4 is 5.97 Å². The van der Waals surface area contributed by atoms with Crippen molar-refractivity contribution in [2.45, 2.75) is 31.8 Å². The first-order chi connectivity index (χ1) is 9.69. The zero-order chi connectivity index (χ0) is 14.4. The smallest absolute Gasteiger partial charge is 0.310 e. The van der Waals surface area contributed by atoms with Crippen LogP contribution in [0.1, 0.15) is 24.8 Å². The van der Waals surface area contributed by atoms with Crippen LogP contribution in [0.25, 0.3) is 0 Å². The van der Waals surface area contributed by atoms with Crippen LogP contribution in [0, 0.1) is 0 Å². The molecule has 1 saturated heterocycles. The summed E-state index contributed by atoms with van der Waals surface area (Å²) in [5, 5.41) is 0. The van der Waals surface area contributed by atoms with Crippen LogP contribution in [0.4, 0.5) is 0 Å². The molecular formula is C16H23NO3. The summed E-state index contributed by atoms with van der Waals surface area (Å²) in [5.41, 5.74) is 0.900. The number of likely N-dealkylation sites (tertiary alicyclic amines) is 1. The molecule has 1 aliphatic rings. The Kier molecular flexibility index (Phi) is 5.41. The van der Waals surface area contributed by atoms with Gasteiger partial charge in [0.2, 0.25) is 0 Å². The molecule has 0 amide bonds. The largest absolute Gasteiger partial charge is 0.490 e. The monoisotopic (exact) mass is 277 g/mol. The van der Waals surface area contributed by atoms with E-state index < -0.39 is 0 Å². The highest BCUT2D eigenvalue weighted by Gasteiger charge is 2.18. The molecule has 2 rings (SSSR count). The fourth-order valence-corrected chi connectivity index (χ4v) is 2.50. The lowest BCUT2D eigenvalue weighted by atomic mass is 10.1. The zero-order valence-corrected chi connectivity index (χ0v) is 12.3. The standard InChI is InChI=1S/C16H23NO3/c1-17-10-5-7-14(9-11-17)20-15-8-4-3-6-13(15)12-16(18)19-2/h3-4,6,8,14H,5,7,9-12H2,1-2H3. The Morgan fingerprint density at radius 1 is 1.30 bits per heavy atom.